The summed E-state index contributed by atoms with van der Waals surface area (Å²) in [6.07, 6.45) is 11.8. The van der Waals surface area contributed by atoms with Crippen molar-refractivity contribution in [2.24, 2.45) is 13.0 Å². The summed E-state index contributed by atoms with van der Waals surface area (Å²) in [4.78, 5) is 17.5. The van der Waals surface area contributed by atoms with Gasteiger partial charge in [-0.15, -0.1) is 0 Å². The predicted octanol–water partition coefficient (Wildman–Crippen LogP) is 5.52. The number of rotatable bonds is 8. The Morgan fingerprint density at radius 1 is 1.38 bits per heavy atom. The Labute approximate surface area is 188 Å². The molecule has 2 heterocycles. The van der Waals surface area contributed by atoms with Crippen LogP contribution >= 0.6 is 0 Å². The lowest BCUT2D eigenvalue weighted by Crippen LogP contribution is -2.36. The van der Waals surface area contributed by atoms with Crippen molar-refractivity contribution in [2.45, 2.75) is 51.0 Å². The average Bonchev–Trinajstić information content (AvgIpc) is 3.66. The number of alkyl halides is 2. The maximum Gasteiger partial charge on any atom is 0.288 e. The SMILES string of the molecule is C=C(/C=C(\C=C/C)c1ccc(C2(NC(=O)c3cc(C(C)(F)F)nn3C)CC2)cn1)C1CC1.[HH]. The number of hydrogen-bond acceptors (Lipinski definition) is 3. The Bertz CT molecular complexity index is 1100. The third-order valence-corrected chi connectivity index (χ3v) is 6.07. The van der Waals surface area contributed by atoms with Crippen molar-refractivity contribution in [2.75, 3.05) is 0 Å². The van der Waals surface area contributed by atoms with E-state index in [0.717, 1.165) is 48.2 Å². The highest BCUT2D eigenvalue weighted by atomic mass is 19.3. The van der Waals surface area contributed by atoms with Crippen LogP contribution in [0.25, 0.3) is 5.57 Å². The average molecular weight is 441 g/mol. The number of nitrogens with zero attached hydrogens (tertiary/aromatic N) is 3. The molecule has 0 saturated heterocycles. The molecule has 7 heteroatoms. The predicted molar refractivity (Wildman–Crippen MR) is 122 cm³/mol. The number of carbonyl (C=O) groups is 1. The van der Waals surface area contributed by atoms with Gasteiger partial charge in [-0.25, -0.2) is 0 Å². The Morgan fingerprint density at radius 3 is 2.59 bits per heavy atom. The van der Waals surface area contributed by atoms with E-state index < -0.39 is 23.1 Å². The molecule has 0 unspecified atom stereocenters. The van der Waals surface area contributed by atoms with Gasteiger partial charge in [0.2, 0.25) is 0 Å². The zero-order valence-corrected chi connectivity index (χ0v) is 18.7. The summed E-state index contributed by atoms with van der Waals surface area (Å²) < 4.78 is 28.4. The molecule has 2 aliphatic rings. The molecule has 32 heavy (non-hydrogen) atoms. The van der Waals surface area contributed by atoms with E-state index in [-0.39, 0.29) is 7.12 Å². The van der Waals surface area contributed by atoms with Gasteiger partial charge in [-0.3, -0.25) is 14.5 Å². The normalized spacial score (nSPS) is 18.1. The molecule has 5 nitrogen and oxygen atoms in total. The third-order valence-electron chi connectivity index (χ3n) is 6.07. The van der Waals surface area contributed by atoms with E-state index in [4.69, 9.17) is 0 Å². The van der Waals surface area contributed by atoms with Crippen LogP contribution in [0.1, 0.15) is 68.4 Å². The number of nitrogens with one attached hydrogen (secondary N) is 1. The van der Waals surface area contributed by atoms with Gasteiger partial charge in [-0.2, -0.15) is 13.9 Å². The Balaban J connectivity index is 0.00000306. The Hall–Kier alpha value is -3.09. The molecular weight excluding hydrogens is 410 g/mol. The summed E-state index contributed by atoms with van der Waals surface area (Å²) in [5.41, 5.74) is 3.04. The van der Waals surface area contributed by atoms with E-state index in [1.165, 1.54) is 24.6 Å². The fraction of sp³-hybridized carbons (Fsp3) is 0.400. The maximum absolute atomic E-state index is 13.6. The van der Waals surface area contributed by atoms with E-state index in [1.54, 1.807) is 6.20 Å². The van der Waals surface area contributed by atoms with Gasteiger partial charge in [0.05, 0.1) is 11.2 Å². The van der Waals surface area contributed by atoms with E-state index >= 15 is 0 Å². The molecule has 2 aliphatic carbocycles. The van der Waals surface area contributed by atoms with Crippen LogP contribution in [0.2, 0.25) is 0 Å². The topological polar surface area (TPSA) is 59.8 Å². The summed E-state index contributed by atoms with van der Waals surface area (Å²) >= 11 is 0. The fourth-order valence-corrected chi connectivity index (χ4v) is 3.79. The molecule has 1 N–H and O–H groups in total. The summed E-state index contributed by atoms with van der Waals surface area (Å²) in [6.45, 7) is 6.91. The molecule has 2 fully saturated rings. The number of allylic oxidation sites excluding steroid dienone is 5. The minimum Gasteiger partial charge on any atom is -0.341 e. The van der Waals surface area contributed by atoms with Gasteiger partial charge in [0, 0.05) is 27.2 Å². The van der Waals surface area contributed by atoms with Gasteiger partial charge in [0.15, 0.2) is 0 Å². The first-order chi connectivity index (χ1) is 15.1. The van der Waals surface area contributed by atoms with Crippen LogP contribution in [0, 0.1) is 5.92 Å². The standard InChI is InChI=1S/C25H28F2N4O.H2/c1-5-6-18(13-16(2)17-7-8-17)20-10-9-19(15-28-20)25(11-12-25)29-23(32)21-14-22(24(3,26)27)30-31(21)4;/h5-6,9-10,13-15,17H,2,7-8,11-12H2,1,3-4H3,(H,29,32);1H/b6-5-,18-13+;. The minimum absolute atomic E-state index is 0. The fourth-order valence-electron chi connectivity index (χ4n) is 3.79. The van der Waals surface area contributed by atoms with Gasteiger partial charge in [0.1, 0.15) is 11.4 Å². The van der Waals surface area contributed by atoms with Crippen molar-refractivity contribution in [3.63, 3.8) is 0 Å². The molecule has 0 spiro atoms. The summed E-state index contributed by atoms with van der Waals surface area (Å²) in [5.74, 6) is -2.94. The van der Waals surface area contributed by atoms with Gasteiger partial charge in [-0.1, -0.05) is 30.4 Å². The highest BCUT2D eigenvalue weighted by molar-refractivity contribution is 5.93. The number of hydrogen-bond donors (Lipinski definition) is 1. The van der Waals surface area contributed by atoms with Crippen LogP contribution in [-0.2, 0) is 18.5 Å². The molecule has 0 bridgehead atoms. The second-order valence-electron chi connectivity index (χ2n) is 8.84. The molecule has 2 aromatic rings. The number of aromatic nitrogens is 3. The first kappa shape index (κ1) is 22.1. The van der Waals surface area contributed by atoms with E-state index in [2.05, 4.69) is 28.1 Å². The molecule has 4 rings (SSSR count). The van der Waals surface area contributed by atoms with E-state index in [0.29, 0.717) is 5.92 Å². The summed E-state index contributed by atoms with van der Waals surface area (Å²) in [7, 11) is 1.49. The Kier molecular flexibility index (Phi) is 5.61. The van der Waals surface area contributed by atoms with Crippen molar-refractivity contribution in [3.8, 4) is 0 Å². The second-order valence-corrected chi connectivity index (χ2v) is 8.84. The zero-order chi connectivity index (χ0) is 23.1. The highest BCUT2D eigenvalue weighted by Crippen LogP contribution is 2.45. The maximum atomic E-state index is 13.6. The smallest absolute Gasteiger partial charge is 0.288 e. The molecule has 0 atom stereocenters. The second kappa shape index (κ2) is 8.11. The lowest BCUT2D eigenvalue weighted by atomic mass is 10.0. The molecule has 0 aliphatic heterocycles. The van der Waals surface area contributed by atoms with Crippen molar-refractivity contribution >= 4 is 11.5 Å². The molecule has 2 aromatic heterocycles. The summed E-state index contributed by atoms with van der Waals surface area (Å²) in [5, 5.41) is 6.80. The molecule has 0 radical (unpaired) electrons. The van der Waals surface area contributed by atoms with Crippen molar-refractivity contribution in [1.29, 1.82) is 0 Å². The van der Waals surface area contributed by atoms with Crippen LogP contribution in [0.4, 0.5) is 8.78 Å². The van der Waals surface area contributed by atoms with Crippen LogP contribution < -0.4 is 5.32 Å². The molecular formula is C25H30F2N4O. The van der Waals surface area contributed by atoms with Gasteiger partial charge >= 0.3 is 0 Å². The molecule has 1 amide bonds. The largest absolute Gasteiger partial charge is 0.341 e. The first-order valence-electron chi connectivity index (χ1n) is 10.9. The van der Waals surface area contributed by atoms with Crippen LogP contribution in [0.5, 0.6) is 0 Å². The number of amides is 1. The van der Waals surface area contributed by atoms with Crippen LogP contribution in [0.3, 0.4) is 0 Å². The van der Waals surface area contributed by atoms with Gasteiger partial charge < -0.3 is 5.32 Å². The van der Waals surface area contributed by atoms with Crippen LogP contribution in [-0.4, -0.2) is 20.7 Å². The highest BCUT2D eigenvalue weighted by Gasteiger charge is 2.46. The minimum atomic E-state index is -3.10. The number of aryl methyl sites for hydroxylation is 1. The lowest BCUT2D eigenvalue weighted by molar-refractivity contribution is 0.0122. The van der Waals surface area contributed by atoms with Crippen molar-refractivity contribution < 1.29 is 15.0 Å². The molecule has 170 valence electrons. The van der Waals surface area contributed by atoms with Crippen molar-refractivity contribution in [3.05, 3.63) is 77.4 Å². The lowest BCUT2D eigenvalue weighted by Gasteiger charge is -2.18. The van der Waals surface area contributed by atoms with Crippen molar-refractivity contribution in [1.82, 2.24) is 20.1 Å². The van der Waals surface area contributed by atoms with E-state index in [1.807, 2.05) is 31.2 Å². The van der Waals surface area contributed by atoms with Crippen LogP contribution in [0.15, 0.2) is 54.8 Å². The third kappa shape index (κ3) is 4.56. The monoisotopic (exact) mass is 440 g/mol. The first-order valence-corrected chi connectivity index (χ1v) is 10.9. The number of pyridine rings is 1. The van der Waals surface area contributed by atoms with Gasteiger partial charge in [-0.05, 0) is 62.3 Å². The summed E-state index contributed by atoms with van der Waals surface area (Å²) in [6, 6.07) is 5.07. The quantitative estimate of drug-likeness (QED) is 0.550. The zero-order valence-electron chi connectivity index (χ0n) is 18.7. The van der Waals surface area contributed by atoms with Gasteiger partial charge in [0.25, 0.3) is 11.8 Å². The molecule has 2 saturated carbocycles. The Morgan fingerprint density at radius 2 is 2.09 bits per heavy atom. The number of carbonyl (C=O) groups excluding carboxylic acids is 1. The number of halogens is 2. The van der Waals surface area contributed by atoms with E-state index in [9.17, 15) is 13.6 Å². The molecule has 0 aromatic carbocycles.